The summed E-state index contributed by atoms with van der Waals surface area (Å²) >= 11 is 7.48. The number of hydrogen-bond acceptors (Lipinski definition) is 4. The Labute approximate surface area is 162 Å². The van der Waals surface area contributed by atoms with Gasteiger partial charge in [-0.15, -0.1) is 23.7 Å². The smallest absolute Gasteiger partial charge is 0.203 e. The van der Waals surface area contributed by atoms with Crippen molar-refractivity contribution in [2.45, 2.75) is 19.8 Å². The first-order valence-corrected chi connectivity index (χ1v) is 9.09. The molecule has 0 saturated carbocycles. The normalized spacial score (nSPS) is 14.2. The lowest BCUT2D eigenvalue weighted by Gasteiger charge is -2.02. The summed E-state index contributed by atoms with van der Waals surface area (Å²) in [5, 5.41) is 8.13. The highest BCUT2D eigenvalue weighted by Crippen LogP contribution is 2.27. The van der Waals surface area contributed by atoms with Crippen LogP contribution in [0.2, 0.25) is 5.02 Å². The van der Waals surface area contributed by atoms with Crippen LogP contribution in [0.15, 0.2) is 52.9 Å². The number of hydrazone groups is 1. The summed E-state index contributed by atoms with van der Waals surface area (Å²) in [7, 11) is 0. The van der Waals surface area contributed by atoms with Gasteiger partial charge in [-0.05, 0) is 37.5 Å². The van der Waals surface area contributed by atoms with Crippen molar-refractivity contribution in [2.24, 2.45) is 5.10 Å². The zero-order chi connectivity index (χ0) is 16.5. The average Bonchev–Trinajstić information content (AvgIpc) is 3.20. The van der Waals surface area contributed by atoms with E-state index in [9.17, 15) is 0 Å². The topological polar surface area (TPSA) is 37.3 Å². The highest BCUT2D eigenvalue weighted by molar-refractivity contribution is 7.14. The largest absolute Gasteiger partial charge is 0.252 e. The maximum atomic E-state index is 5.93. The molecule has 2 aromatic carbocycles. The number of rotatable bonds is 3. The van der Waals surface area contributed by atoms with Crippen molar-refractivity contribution in [1.82, 2.24) is 4.98 Å². The van der Waals surface area contributed by atoms with E-state index in [0.717, 1.165) is 40.0 Å². The van der Waals surface area contributed by atoms with Crippen molar-refractivity contribution in [3.8, 4) is 11.3 Å². The van der Waals surface area contributed by atoms with Gasteiger partial charge in [0.1, 0.15) is 0 Å². The second kappa shape index (κ2) is 7.56. The Morgan fingerprint density at radius 1 is 1.12 bits per heavy atom. The lowest BCUT2D eigenvalue weighted by Crippen LogP contribution is -1.99. The van der Waals surface area contributed by atoms with E-state index in [2.05, 4.69) is 40.6 Å². The number of hydrogen-bond donors (Lipinski definition) is 1. The van der Waals surface area contributed by atoms with Crippen LogP contribution in [0.5, 0.6) is 0 Å². The van der Waals surface area contributed by atoms with Gasteiger partial charge >= 0.3 is 0 Å². The van der Waals surface area contributed by atoms with Crippen molar-refractivity contribution in [2.75, 3.05) is 5.43 Å². The third-order valence-corrected chi connectivity index (χ3v) is 5.13. The molecule has 1 aromatic heterocycles. The fourth-order valence-electron chi connectivity index (χ4n) is 2.91. The molecule has 25 heavy (non-hydrogen) atoms. The molecule has 0 amide bonds. The molecule has 0 fully saturated rings. The molecular formula is C19H17Cl2N3S. The van der Waals surface area contributed by atoms with Crippen LogP contribution in [0.1, 0.15) is 23.1 Å². The molecule has 0 bridgehead atoms. The van der Waals surface area contributed by atoms with Gasteiger partial charge in [0.2, 0.25) is 5.13 Å². The van der Waals surface area contributed by atoms with Gasteiger partial charge in [-0.2, -0.15) is 5.10 Å². The summed E-state index contributed by atoms with van der Waals surface area (Å²) in [4.78, 5) is 4.60. The fourth-order valence-corrected chi connectivity index (χ4v) is 3.70. The molecule has 4 rings (SSSR count). The second-order valence-electron chi connectivity index (χ2n) is 5.88. The lowest BCUT2D eigenvalue weighted by molar-refractivity contribution is 1.08. The third kappa shape index (κ3) is 3.87. The Bertz CT molecular complexity index is 917. The number of aryl methyl sites for hydroxylation is 2. The SMILES string of the molecule is Cc1ccc2c(c1)CC/C2=N\Nc1nc(-c2ccc(Cl)cc2)cs1.Cl. The lowest BCUT2D eigenvalue weighted by atomic mass is 10.1. The maximum Gasteiger partial charge on any atom is 0.203 e. The van der Waals surface area contributed by atoms with Crippen LogP contribution in [0.3, 0.4) is 0 Å². The minimum atomic E-state index is 0. The number of thiazole rings is 1. The third-order valence-electron chi connectivity index (χ3n) is 4.13. The minimum absolute atomic E-state index is 0. The van der Waals surface area contributed by atoms with E-state index in [0.29, 0.717) is 0 Å². The van der Waals surface area contributed by atoms with Gasteiger partial charge in [-0.3, -0.25) is 5.43 Å². The van der Waals surface area contributed by atoms with Crippen LogP contribution in [0.4, 0.5) is 5.13 Å². The summed E-state index contributed by atoms with van der Waals surface area (Å²) in [6.45, 7) is 2.13. The zero-order valence-electron chi connectivity index (χ0n) is 13.6. The Morgan fingerprint density at radius 2 is 1.92 bits per heavy atom. The van der Waals surface area contributed by atoms with Crippen molar-refractivity contribution < 1.29 is 0 Å². The molecule has 3 nitrogen and oxygen atoms in total. The molecule has 1 heterocycles. The number of nitrogens with one attached hydrogen (secondary N) is 1. The summed E-state index contributed by atoms with van der Waals surface area (Å²) in [5.41, 5.74) is 10.1. The number of benzene rings is 2. The summed E-state index contributed by atoms with van der Waals surface area (Å²) in [6.07, 6.45) is 2.03. The number of halogens is 2. The number of aromatic nitrogens is 1. The predicted octanol–water partition coefficient (Wildman–Crippen LogP) is 5.96. The van der Waals surface area contributed by atoms with Gasteiger partial charge in [0, 0.05) is 21.5 Å². The van der Waals surface area contributed by atoms with Crippen LogP contribution >= 0.6 is 35.3 Å². The molecule has 128 valence electrons. The van der Waals surface area contributed by atoms with Crippen molar-refractivity contribution >= 4 is 46.2 Å². The molecule has 0 aliphatic heterocycles. The van der Waals surface area contributed by atoms with Gasteiger partial charge in [-0.25, -0.2) is 4.98 Å². The molecule has 0 unspecified atom stereocenters. The van der Waals surface area contributed by atoms with E-state index >= 15 is 0 Å². The average molecular weight is 390 g/mol. The molecule has 6 heteroatoms. The van der Waals surface area contributed by atoms with Gasteiger partial charge < -0.3 is 0 Å². The Balaban J connectivity index is 0.00000182. The first-order chi connectivity index (χ1) is 11.7. The van der Waals surface area contributed by atoms with Crippen LogP contribution in [0, 0.1) is 6.92 Å². The molecule has 0 radical (unpaired) electrons. The van der Waals surface area contributed by atoms with E-state index in [4.69, 9.17) is 11.6 Å². The summed E-state index contributed by atoms with van der Waals surface area (Å²) < 4.78 is 0. The Hall–Kier alpha value is -1.88. The van der Waals surface area contributed by atoms with Crippen molar-refractivity contribution in [1.29, 1.82) is 0 Å². The molecular weight excluding hydrogens is 373 g/mol. The quantitative estimate of drug-likeness (QED) is 0.561. The monoisotopic (exact) mass is 389 g/mol. The molecule has 1 aliphatic carbocycles. The van der Waals surface area contributed by atoms with E-state index < -0.39 is 0 Å². The van der Waals surface area contributed by atoms with E-state index in [1.807, 2.05) is 29.6 Å². The van der Waals surface area contributed by atoms with Gasteiger partial charge in [0.25, 0.3) is 0 Å². The van der Waals surface area contributed by atoms with E-state index in [-0.39, 0.29) is 12.4 Å². The van der Waals surface area contributed by atoms with Gasteiger partial charge in [-0.1, -0.05) is 47.5 Å². The van der Waals surface area contributed by atoms with Crippen LogP contribution in [-0.2, 0) is 6.42 Å². The standard InChI is InChI=1S/C19H16ClN3S.ClH/c1-12-2-8-16-14(10-12)5-9-17(16)22-23-19-21-18(11-24-19)13-3-6-15(20)7-4-13;/h2-4,6-8,10-11H,5,9H2,1H3,(H,21,23);1H/b22-17+;. The number of anilines is 1. The first kappa shape index (κ1) is 17.9. The van der Waals surface area contributed by atoms with Crippen LogP contribution in [0.25, 0.3) is 11.3 Å². The number of fused-ring (bicyclic) bond motifs is 1. The molecule has 0 spiro atoms. The molecule has 0 atom stereocenters. The molecule has 0 saturated heterocycles. The van der Waals surface area contributed by atoms with E-state index in [1.54, 1.807) is 11.3 Å². The second-order valence-corrected chi connectivity index (χ2v) is 7.17. The van der Waals surface area contributed by atoms with Gasteiger partial charge in [0.15, 0.2) is 0 Å². The van der Waals surface area contributed by atoms with Crippen molar-refractivity contribution in [3.63, 3.8) is 0 Å². The zero-order valence-corrected chi connectivity index (χ0v) is 16.0. The summed E-state index contributed by atoms with van der Waals surface area (Å²) in [6, 6.07) is 14.3. The number of nitrogens with zero attached hydrogens (tertiary/aromatic N) is 2. The fraction of sp³-hybridized carbons (Fsp3) is 0.158. The van der Waals surface area contributed by atoms with Crippen molar-refractivity contribution in [3.05, 3.63) is 69.6 Å². The minimum Gasteiger partial charge on any atom is -0.252 e. The Morgan fingerprint density at radius 3 is 2.72 bits per heavy atom. The van der Waals surface area contributed by atoms with Crippen LogP contribution < -0.4 is 5.43 Å². The first-order valence-electron chi connectivity index (χ1n) is 7.83. The molecule has 3 aromatic rings. The maximum absolute atomic E-state index is 5.93. The highest BCUT2D eigenvalue weighted by atomic mass is 35.5. The molecule has 1 aliphatic rings. The van der Waals surface area contributed by atoms with E-state index in [1.165, 1.54) is 16.7 Å². The van der Waals surface area contributed by atoms with Gasteiger partial charge in [0.05, 0.1) is 11.4 Å². The molecule has 1 N–H and O–H groups in total. The highest BCUT2D eigenvalue weighted by Gasteiger charge is 2.17. The van der Waals surface area contributed by atoms with Crippen LogP contribution in [-0.4, -0.2) is 10.7 Å². The summed E-state index contributed by atoms with van der Waals surface area (Å²) in [5.74, 6) is 0. The predicted molar refractivity (Wildman–Crippen MR) is 109 cm³/mol. The Kier molecular flexibility index (Phi) is 5.42.